The maximum atomic E-state index is 10.9. The highest BCUT2D eigenvalue weighted by Gasteiger charge is 2.13. The third kappa shape index (κ3) is 3.92. The molecule has 0 saturated carbocycles. The van der Waals surface area contributed by atoms with E-state index in [1.54, 1.807) is 0 Å². The van der Waals surface area contributed by atoms with Crippen LogP contribution in [0.5, 0.6) is 0 Å². The summed E-state index contributed by atoms with van der Waals surface area (Å²) < 4.78 is 0. The predicted octanol–water partition coefficient (Wildman–Crippen LogP) is 1.53. The summed E-state index contributed by atoms with van der Waals surface area (Å²) in [6, 6.07) is 4.13. The fraction of sp³-hybridized carbons (Fsp3) is 0.182. The number of hydrogen-bond donors (Lipinski definition) is 3. The second-order valence-corrected chi connectivity index (χ2v) is 4.93. The molecule has 10 heteroatoms. The molecule has 2 heterocycles. The van der Waals surface area contributed by atoms with Gasteiger partial charge in [0.25, 0.3) is 5.69 Å². The van der Waals surface area contributed by atoms with E-state index in [0.29, 0.717) is 17.4 Å². The fourth-order valence-corrected chi connectivity index (χ4v) is 2.33. The van der Waals surface area contributed by atoms with Crippen LogP contribution in [0.4, 0.5) is 23.1 Å². The molecule has 0 unspecified atom stereocenters. The fourth-order valence-electron chi connectivity index (χ4n) is 1.52. The maximum Gasteiger partial charge on any atom is 0.275 e. The topological polar surface area (TPSA) is 146 Å². The lowest BCUT2D eigenvalue weighted by atomic mass is 10.4. The Kier molecular flexibility index (Phi) is 4.38. The molecule has 0 aliphatic carbocycles. The van der Waals surface area contributed by atoms with Gasteiger partial charge >= 0.3 is 0 Å². The van der Waals surface area contributed by atoms with Crippen LogP contribution in [0.25, 0.3) is 0 Å². The van der Waals surface area contributed by atoms with Crippen LogP contribution in [0.3, 0.4) is 0 Å². The second-order valence-electron chi connectivity index (χ2n) is 3.94. The average Bonchev–Trinajstić information content (AvgIpc) is 2.37. The van der Waals surface area contributed by atoms with Crippen molar-refractivity contribution < 1.29 is 4.92 Å². The molecule has 0 amide bonds. The molecule has 0 aromatic carbocycles. The number of nitro groups is 1. The number of rotatable bonds is 5. The third-order valence-electron chi connectivity index (χ3n) is 2.30. The zero-order chi connectivity index (χ0) is 15.4. The number of hydrogen-bond acceptors (Lipinski definition) is 9. The molecule has 21 heavy (non-hydrogen) atoms. The molecular formula is C11H13N7O2S. The molecule has 9 nitrogen and oxygen atoms in total. The van der Waals surface area contributed by atoms with Crippen LogP contribution >= 0.6 is 11.8 Å². The summed E-state index contributed by atoms with van der Waals surface area (Å²) in [5.41, 5.74) is 11.1. The van der Waals surface area contributed by atoms with Crippen molar-refractivity contribution >= 4 is 34.9 Å². The van der Waals surface area contributed by atoms with Gasteiger partial charge in [-0.2, -0.15) is 0 Å². The zero-order valence-electron chi connectivity index (χ0n) is 11.1. The Bertz CT molecular complexity index is 659. The van der Waals surface area contributed by atoms with Gasteiger partial charge in [-0.05, 0) is 18.7 Å². The van der Waals surface area contributed by atoms with Gasteiger partial charge in [-0.1, -0.05) is 0 Å². The maximum absolute atomic E-state index is 10.9. The van der Waals surface area contributed by atoms with Crippen molar-refractivity contribution in [3.8, 4) is 0 Å². The molecule has 2 aromatic heterocycles. The zero-order valence-corrected chi connectivity index (χ0v) is 11.9. The molecule has 0 saturated heterocycles. The second kappa shape index (κ2) is 6.22. The molecule has 0 aliphatic rings. The number of pyridine rings is 1. The molecule has 0 aliphatic heterocycles. The first kappa shape index (κ1) is 14.8. The molecule has 2 aromatic rings. The van der Waals surface area contributed by atoms with Crippen LogP contribution in [0.15, 0.2) is 28.4 Å². The summed E-state index contributed by atoms with van der Waals surface area (Å²) in [6.07, 6.45) is 0. The first-order valence-electron chi connectivity index (χ1n) is 5.96. The van der Waals surface area contributed by atoms with Gasteiger partial charge in [-0.15, -0.1) is 0 Å². The summed E-state index contributed by atoms with van der Waals surface area (Å²) in [4.78, 5) is 22.7. The molecule has 5 N–H and O–H groups in total. The number of aromatic nitrogens is 3. The van der Waals surface area contributed by atoms with Crippen molar-refractivity contribution in [2.45, 2.75) is 17.1 Å². The lowest BCUT2D eigenvalue weighted by Gasteiger charge is -2.06. The van der Waals surface area contributed by atoms with Crippen molar-refractivity contribution in [1.82, 2.24) is 15.0 Å². The van der Waals surface area contributed by atoms with Gasteiger partial charge in [0, 0.05) is 18.7 Å². The molecular weight excluding hydrogens is 294 g/mol. The first-order chi connectivity index (χ1) is 9.97. The molecule has 0 radical (unpaired) electrons. The number of nitrogen functional groups attached to an aromatic ring is 2. The standard InChI is InChI=1S/C11H13N7O2S/c1-2-14-9-3-6(18(19)20)4-10(17-9)21-11-15-7(12)5-8(13)16-11/h3-5H,2H2,1H3,(H,14,17)(H4,12,13,15,16). The van der Waals surface area contributed by atoms with Crippen LogP contribution in [0, 0.1) is 10.1 Å². The van der Waals surface area contributed by atoms with Crippen molar-refractivity contribution in [1.29, 1.82) is 0 Å². The van der Waals surface area contributed by atoms with Crippen LogP contribution in [0.2, 0.25) is 0 Å². The van der Waals surface area contributed by atoms with E-state index in [1.807, 2.05) is 6.92 Å². The Hall–Kier alpha value is -2.62. The van der Waals surface area contributed by atoms with Crippen molar-refractivity contribution in [3.05, 3.63) is 28.3 Å². The van der Waals surface area contributed by atoms with Crippen LogP contribution in [-0.4, -0.2) is 26.4 Å². The number of nitrogens with two attached hydrogens (primary N) is 2. The van der Waals surface area contributed by atoms with Crippen LogP contribution < -0.4 is 16.8 Å². The van der Waals surface area contributed by atoms with E-state index in [0.717, 1.165) is 11.8 Å². The van der Waals surface area contributed by atoms with Crippen molar-refractivity contribution in [2.24, 2.45) is 0 Å². The first-order valence-corrected chi connectivity index (χ1v) is 6.78. The van der Waals surface area contributed by atoms with Gasteiger partial charge in [-0.25, -0.2) is 15.0 Å². The minimum Gasteiger partial charge on any atom is -0.383 e. The normalized spacial score (nSPS) is 10.3. The molecule has 110 valence electrons. The minimum absolute atomic E-state index is 0.0691. The quantitative estimate of drug-likeness (QED) is 0.425. The highest BCUT2D eigenvalue weighted by atomic mass is 32.2. The molecule has 0 fully saturated rings. The smallest absolute Gasteiger partial charge is 0.275 e. The van der Waals surface area contributed by atoms with Gasteiger partial charge in [-0.3, -0.25) is 10.1 Å². The average molecular weight is 307 g/mol. The predicted molar refractivity (Wildman–Crippen MR) is 80.0 cm³/mol. The number of nitrogens with zero attached hydrogens (tertiary/aromatic N) is 4. The summed E-state index contributed by atoms with van der Waals surface area (Å²) in [5, 5.41) is 14.5. The lowest BCUT2D eigenvalue weighted by molar-refractivity contribution is -0.385. The Morgan fingerprint density at radius 1 is 1.24 bits per heavy atom. The lowest BCUT2D eigenvalue weighted by Crippen LogP contribution is -2.02. The van der Waals surface area contributed by atoms with Crippen molar-refractivity contribution in [2.75, 3.05) is 23.3 Å². The molecule has 2 rings (SSSR count). The third-order valence-corrected chi connectivity index (χ3v) is 3.08. The summed E-state index contributed by atoms with van der Waals surface area (Å²) in [5.74, 6) is 0.857. The van der Waals surface area contributed by atoms with E-state index in [1.165, 1.54) is 18.2 Å². The number of anilines is 3. The molecule has 0 spiro atoms. The highest BCUT2D eigenvalue weighted by molar-refractivity contribution is 7.99. The van der Waals surface area contributed by atoms with Gasteiger partial charge in [0.15, 0.2) is 5.16 Å². The van der Waals surface area contributed by atoms with E-state index >= 15 is 0 Å². The van der Waals surface area contributed by atoms with E-state index in [4.69, 9.17) is 11.5 Å². The summed E-state index contributed by atoms with van der Waals surface area (Å²) in [7, 11) is 0. The van der Waals surface area contributed by atoms with Gasteiger partial charge < -0.3 is 16.8 Å². The van der Waals surface area contributed by atoms with Crippen LogP contribution in [-0.2, 0) is 0 Å². The highest BCUT2D eigenvalue weighted by Crippen LogP contribution is 2.29. The van der Waals surface area contributed by atoms with E-state index in [-0.39, 0.29) is 22.5 Å². The SMILES string of the molecule is CCNc1cc([N+](=O)[O-])cc(Sc2nc(N)cc(N)n2)n1. The largest absolute Gasteiger partial charge is 0.383 e. The van der Waals surface area contributed by atoms with Gasteiger partial charge in [0.1, 0.15) is 22.5 Å². The van der Waals surface area contributed by atoms with E-state index in [2.05, 4.69) is 20.3 Å². The van der Waals surface area contributed by atoms with E-state index < -0.39 is 4.92 Å². The van der Waals surface area contributed by atoms with E-state index in [9.17, 15) is 10.1 Å². The molecule has 0 atom stereocenters. The summed E-state index contributed by atoms with van der Waals surface area (Å²) >= 11 is 1.05. The Morgan fingerprint density at radius 2 is 1.90 bits per heavy atom. The monoisotopic (exact) mass is 307 g/mol. The van der Waals surface area contributed by atoms with Gasteiger partial charge in [0.2, 0.25) is 0 Å². The summed E-state index contributed by atoms with van der Waals surface area (Å²) in [6.45, 7) is 2.47. The Balaban J connectivity index is 2.35. The van der Waals surface area contributed by atoms with Gasteiger partial charge in [0.05, 0.1) is 11.0 Å². The molecule has 0 bridgehead atoms. The van der Waals surface area contributed by atoms with Crippen molar-refractivity contribution in [3.63, 3.8) is 0 Å². The van der Waals surface area contributed by atoms with Crippen LogP contribution in [0.1, 0.15) is 6.92 Å². The Labute approximate surface area is 124 Å². The number of nitrogens with one attached hydrogen (secondary N) is 1. The Morgan fingerprint density at radius 3 is 2.48 bits per heavy atom. The minimum atomic E-state index is -0.485.